The number of rotatable bonds is 2. The maximum atomic E-state index is 10.2. The Kier molecular flexibility index (Phi) is 3.39. The first-order valence-electron chi connectivity index (χ1n) is 2.64. The van der Waals surface area contributed by atoms with E-state index in [-0.39, 0.29) is 5.38 Å². The van der Waals surface area contributed by atoms with E-state index < -0.39 is 6.03 Å². The van der Waals surface area contributed by atoms with Gasteiger partial charge in [0.2, 0.25) is 0 Å². The summed E-state index contributed by atoms with van der Waals surface area (Å²) < 4.78 is 0. The van der Waals surface area contributed by atoms with Gasteiger partial charge in [-0.05, 0) is 6.92 Å². The Morgan fingerprint density at radius 1 is 1.89 bits per heavy atom. The topological polar surface area (TPSA) is 44.1 Å². The normalized spacial score (nSPS) is 12.8. The number of carbonyl (C=O) groups is 1. The molecule has 0 bridgehead atoms. The van der Waals surface area contributed by atoms with Crippen LogP contribution in [-0.2, 0) is 0 Å². The molecule has 1 radical (unpaired) electrons. The maximum absolute atomic E-state index is 10.2. The van der Waals surface area contributed by atoms with E-state index in [0.29, 0.717) is 6.54 Å². The van der Waals surface area contributed by atoms with E-state index >= 15 is 0 Å². The van der Waals surface area contributed by atoms with Crippen LogP contribution in [0.15, 0.2) is 0 Å². The van der Waals surface area contributed by atoms with E-state index in [1.807, 2.05) is 0 Å². The Morgan fingerprint density at radius 3 is 2.44 bits per heavy atom. The number of alkyl halides is 1. The fraction of sp³-hybridized carbons (Fsp3) is 0.800. The van der Waals surface area contributed by atoms with Crippen molar-refractivity contribution in [3.05, 3.63) is 0 Å². The number of halogens is 1. The molecule has 9 heavy (non-hydrogen) atoms. The molecule has 0 rings (SSSR count). The first-order chi connectivity index (χ1) is 4.04. The quantitative estimate of drug-likeness (QED) is 0.539. The van der Waals surface area contributed by atoms with Gasteiger partial charge < -0.3 is 4.90 Å². The van der Waals surface area contributed by atoms with Crippen LogP contribution in [0.3, 0.4) is 0 Å². The lowest BCUT2D eigenvalue weighted by Gasteiger charge is -2.13. The third-order valence-electron chi connectivity index (χ3n) is 0.872. The zero-order chi connectivity index (χ0) is 7.44. The van der Waals surface area contributed by atoms with Gasteiger partial charge >= 0.3 is 6.03 Å². The van der Waals surface area contributed by atoms with E-state index in [0.717, 1.165) is 0 Å². The van der Waals surface area contributed by atoms with Crippen molar-refractivity contribution in [2.45, 2.75) is 12.3 Å². The number of amides is 2. The summed E-state index contributed by atoms with van der Waals surface area (Å²) in [6.45, 7) is 2.21. The van der Waals surface area contributed by atoms with Crippen molar-refractivity contribution in [2.75, 3.05) is 13.6 Å². The molecule has 0 saturated carbocycles. The average molecular weight is 150 g/mol. The lowest BCUT2D eigenvalue weighted by Crippen LogP contribution is -2.30. The van der Waals surface area contributed by atoms with Gasteiger partial charge in [-0.2, -0.15) is 0 Å². The number of hydrogen-bond acceptors (Lipinski definition) is 1. The van der Waals surface area contributed by atoms with Gasteiger partial charge in [0, 0.05) is 19.0 Å². The predicted molar refractivity (Wildman–Crippen MR) is 36.4 cm³/mol. The largest absolute Gasteiger partial charge is 0.335 e. The van der Waals surface area contributed by atoms with Gasteiger partial charge in [-0.25, -0.2) is 10.5 Å². The third kappa shape index (κ3) is 4.09. The van der Waals surface area contributed by atoms with Crippen molar-refractivity contribution < 1.29 is 4.79 Å². The van der Waals surface area contributed by atoms with Crippen LogP contribution in [0, 0.1) is 0 Å². The van der Waals surface area contributed by atoms with Crippen molar-refractivity contribution >= 4 is 17.6 Å². The Morgan fingerprint density at radius 2 is 2.33 bits per heavy atom. The molecule has 0 aromatic heterocycles. The summed E-state index contributed by atoms with van der Waals surface area (Å²) in [5.74, 6) is 0. The van der Waals surface area contributed by atoms with Crippen molar-refractivity contribution in [2.24, 2.45) is 0 Å². The molecule has 2 amide bonds. The van der Waals surface area contributed by atoms with Gasteiger partial charge in [-0.1, -0.05) is 0 Å². The lowest BCUT2D eigenvalue weighted by atomic mass is 10.4. The van der Waals surface area contributed by atoms with Crippen LogP contribution in [0.5, 0.6) is 0 Å². The molecule has 0 aromatic carbocycles. The van der Waals surface area contributed by atoms with Crippen molar-refractivity contribution in [3.8, 4) is 0 Å². The van der Waals surface area contributed by atoms with Gasteiger partial charge in [0.25, 0.3) is 0 Å². The second-order valence-electron chi connectivity index (χ2n) is 1.97. The highest BCUT2D eigenvalue weighted by molar-refractivity contribution is 6.20. The van der Waals surface area contributed by atoms with E-state index in [1.54, 1.807) is 14.0 Å². The van der Waals surface area contributed by atoms with Gasteiger partial charge in [0.1, 0.15) is 0 Å². The molecule has 0 saturated heterocycles. The monoisotopic (exact) mass is 149 g/mol. The molecule has 0 aliphatic carbocycles. The molecular formula is C5H10ClN2O. The van der Waals surface area contributed by atoms with Crippen LogP contribution in [0.1, 0.15) is 6.92 Å². The summed E-state index contributed by atoms with van der Waals surface area (Å²) in [6.07, 6.45) is 0. The molecule has 0 aliphatic heterocycles. The molecule has 53 valence electrons. The minimum absolute atomic E-state index is 0.0794. The smallest absolute Gasteiger partial charge is 0.325 e. The summed E-state index contributed by atoms with van der Waals surface area (Å²) >= 11 is 5.54. The lowest BCUT2D eigenvalue weighted by molar-refractivity contribution is 0.217. The first-order valence-corrected chi connectivity index (χ1v) is 3.08. The van der Waals surface area contributed by atoms with Crippen LogP contribution in [-0.4, -0.2) is 29.9 Å². The predicted octanol–water partition coefficient (Wildman–Crippen LogP) is 0.948. The molecule has 1 unspecified atom stereocenters. The highest BCUT2D eigenvalue weighted by Crippen LogP contribution is 1.95. The molecule has 1 N–H and O–H groups in total. The SMILES string of the molecule is CC(Cl)CN(C)C([NH])=O. The van der Waals surface area contributed by atoms with Crippen LogP contribution in [0.25, 0.3) is 0 Å². The number of urea groups is 1. The fourth-order valence-corrected chi connectivity index (χ4v) is 0.667. The van der Waals surface area contributed by atoms with Crippen LogP contribution in [0.4, 0.5) is 4.79 Å². The highest BCUT2D eigenvalue weighted by atomic mass is 35.5. The minimum Gasteiger partial charge on any atom is -0.325 e. The van der Waals surface area contributed by atoms with Crippen LogP contribution < -0.4 is 5.73 Å². The Balaban J connectivity index is 3.50. The van der Waals surface area contributed by atoms with Gasteiger partial charge in [0.05, 0.1) is 0 Å². The zero-order valence-electron chi connectivity index (χ0n) is 5.52. The zero-order valence-corrected chi connectivity index (χ0v) is 6.27. The van der Waals surface area contributed by atoms with Crippen LogP contribution in [0.2, 0.25) is 0 Å². The Bertz CT molecular complexity index is 105. The molecule has 1 atom stereocenters. The van der Waals surface area contributed by atoms with E-state index in [2.05, 4.69) is 0 Å². The number of nitrogens with one attached hydrogen (secondary N) is 1. The summed E-state index contributed by atoms with van der Waals surface area (Å²) in [6, 6.07) is -0.692. The second-order valence-corrected chi connectivity index (χ2v) is 2.71. The molecule has 0 aliphatic rings. The number of carbonyl (C=O) groups excluding carboxylic acids is 1. The van der Waals surface area contributed by atoms with E-state index in [9.17, 15) is 4.79 Å². The van der Waals surface area contributed by atoms with E-state index in [4.69, 9.17) is 17.3 Å². The van der Waals surface area contributed by atoms with Gasteiger partial charge in [-0.15, -0.1) is 11.6 Å². The molecule has 0 aromatic rings. The maximum Gasteiger partial charge on any atom is 0.335 e. The summed E-state index contributed by atoms with van der Waals surface area (Å²) in [5, 5.41) is -0.0794. The van der Waals surface area contributed by atoms with Gasteiger partial charge in [0.15, 0.2) is 0 Å². The molecular weight excluding hydrogens is 140 g/mol. The first kappa shape index (κ1) is 8.56. The fourth-order valence-electron chi connectivity index (χ4n) is 0.460. The van der Waals surface area contributed by atoms with Crippen molar-refractivity contribution in [1.82, 2.24) is 10.6 Å². The summed E-state index contributed by atoms with van der Waals surface area (Å²) in [4.78, 5) is 11.5. The number of nitrogens with zero attached hydrogens (tertiary/aromatic N) is 1. The number of hydrogen-bond donors (Lipinski definition) is 0. The van der Waals surface area contributed by atoms with Crippen LogP contribution >= 0.6 is 11.6 Å². The van der Waals surface area contributed by atoms with Crippen molar-refractivity contribution in [3.63, 3.8) is 0 Å². The minimum atomic E-state index is -0.692. The molecule has 0 heterocycles. The second kappa shape index (κ2) is 3.56. The third-order valence-corrected chi connectivity index (χ3v) is 1.01. The molecule has 3 nitrogen and oxygen atoms in total. The Labute approximate surface area is 59.8 Å². The summed E-state index contributed by atoms with van der Waals surface area (Å²) in [5.41, 5.74) is 6.61. The summed E-state index contributed by atoms with van der Waals surface area (Å²) in [7, 11) is 1.55. The molecule has 4 heteroatoms. The molecule has 0 fully saturated rings. The average Bonchev–Trinajstić information content (AvgIpc) is 1.63. The molecule has 0 spiro atoms. The highest BCUT2D eigenvalue weighted by Gasteiger charge is 2.05. The van der Waals surface area contributed by atoms with Gasteiger partial charge in [-0.3, -0.25) is 0 Å². The van der Waals surface area contributed by atoms with Crippen molar-refractivity contribution in [1.29, 1.82) is 0 Å². The Hall–Kier alpha value is -0.440. The standard InChI is InChI=1S/C5H10ClN2O/c1-4(6)3-8(2)5(7)9/h4,7H,3H2,1-2H3. The van der Waals surface area contributed by atoms with E-state index in [1.165, 1.54) is 4.90 Å².